The molecule has 170 valence electrons. The Labute approximate surface area is 192 Å². The molecule has 0 saturated carbocycles. The molecule has 0 bridgehead atoms. The molecule has 0 aliphatic rings. The number of benzene rings is 3. The first kappa shape index (κ1) is 22.4. The minimum atomic E-state index is -4.31. The summed E-state index contributed by atoms with van der Waals surface area (Å²) in [6, 6.07) is 13.0. The quantitative estimate of drug-likeness (QED) is 0.324. The molecule has 0 amide bonds. The van der Waals surface area contributed by atoms with Crippen molar-refractivity contribution in [3.8, 4) is 11.5 Å². The number of aromatic nitrogens is 2. The summed E-state index contributed by atoms with van der Waals surface area (Å²) >= 11 is 5.88. The average molecular weight is 490 g/mol. The molecule has 1 aromatic heterocycles. The van der Waals surface area contributed by atoms with E-state index in [0.29, 0.717) is 10.8 Å². The van der Waals surface area contributed by atoms with Crippen LogP contribution < -0.4 is 10.3 Å². The van der Waals surface area contributed by atoms with Gasteiger partial charge in [-0.15, -0.1) is 0 Å². The van der Waals surface area contributed by atoms with Gasteiger partial charge in [0.25, 0.3) is 21.3 Å². The Morgan fingerprint density at radius 2 is 1.79 bits per heavy atom. The number of aromatic hydroxyl groups is 1. The third-order valence-electron chi connectivity index (χ3n) is 5.03. The zero-order chi connectivity index (χ0) is 23.9. The standard InChI is InChI=1S/C21H16ClN3O7S/c1-32-16-5-8-19-18(11-16)21(27)23(12-13-10-15(25(28)29)4-9-20(13)26)24(19)33(30,31)17-6-2-14(22)3-7-17/h2-11,26H,12H2,1H3. The monoisotopic (exact) mass is 489 g/mol. The number of phenols is 1. The molecule has 0 saturated heterocycles. The first-order valence-corrected chi connectivity index (χ1v) is 11.2. The Hall–Kier alpha value is -3.83. The maximum atomic E-state index is 13.6. The molecule has 0 unspecified atom stereocenters. The molecule has 0 fully saturated rings. The number of nitro groups is 1. The van der Waals surface area contributed by atoms with Crippen molar-refractivity contribution in [2.75, 3.05) is 7.11 Å². The molecular formula is C21H16ClN3O7S. The lowest BCUT2D eigenvalue weighted by Crippen LogP contribution is -2.28. The number of ether oxygens (including phenoxy) is 1. The zero-order valence-corrected chi connectivity index (χ0v) is 18.6. The van der Waals surface area contributed by atoms with Gasteiger partial charge in [0, 0.05) is 22.7 Å². The number of nitrogens with zero attached hydrogens (tertiary/aromatic N) is 3. The largest absolute Gasteiger partial charge is 0.508 e. The van der Waals surface area contributed by atoms with E-state index in [4.69, 9.17) is 16.3 Å². The average Bonchev–Trinajstić information content (AvgIpc) is 3.06. The highest BCUT2D eigenvalue weighted by Crippen LogP contribution is 2.27. The van der Waals surface area contributed by atoms with Crippen LogP contribution in [0.4, 0.5) is 5.69 Å². The van der Waals surface area contributed by atoms with E-state index in [9.17, 15) is 28.4 Å². The fourth-order valence-corrected chi connectivity index (χ4v) is 5.02. The first-order chi connectivity index (χ1) is 15.6. The maximum absolute atomic E-state index is 13.6. The molecule has 4 aromatic rings. The number of rotatable bonds is 6. The Kier molecular flexibility index (Phi) is 5.60. The van der Waals surface area contributed by atoms with Crippen LogP contribution in [0.1, 0.15) is 5.56 Å². The molecule has 12 heteroatoms. The van der Waals surface area contributed by atoms with Crippen molar-refractivity contribution >= 4 is 38.2 Å². The van der Waals surface area contributed by atoms with Crippen LogP contribution in [0.15, 0.2) is 70.4 Å². The smallest absolute Gasteiger partial charge is 0.282 e. The summed E-state index contributed by atoms with van der Waals surface area (Å²) < 4.78 is 34.0. The highest BCUT2D eigenvalue weighted by molar-refractivity contribution is 7.90. The lowest BCUT2D eigenvalue weighted by molar-refractivity contribution is -0.384. The molecule has 0 aliphatic heterocycles. The van der Waals surface area contributed by atoms with E-state index >= 15 is 0 Å². The highest BCUT2D eigenvalue weighted by atomic mass is 35.5. The van der Waals surface area contributed by atoms with Crippen LogP contribution in [-0.2, 0) is 16.6 Å². The molecule has 33 heavy (non-hydrogen) atoms. The number of fused-ring (bicyclic) bond motifs is 1. The van der Waals surface area contributed by atoms with Gasteiger partial charge in [-0.2, -0.15) is 12.5 Å². The second-order valence-corrected chi connectivity index (χ2v) is 9.22. The number of methoxy groups -OCH3 is 1. The molecule has 4 rings (SSSR count). The van der Waals surface area contributed by atoms with Gasteiger partial charge in [0.2, 0.25) is 0 Å². The summed E-state index contributed by atoms with van der Waals surface area (Å²) in [7, 11) is -2.90. The molecule has 1 N–H and O–H groups in total. The van der Waals surface area contributed by atoms with Crippen molar-refractivity contribution in [3.63, 3.8) is 0 Å². The predicted molar refractivity (Wildman–Crippen MR) is 121 cm³/mol. The molecule has 10 nitrogen and oxygen atoms in total. The van der Waals surface area contributed by atoms with Gasteiger partial charge in [0.15, 0.2) is 0 Å². The van der Waals surface area contributed by atoms with Crippen molar-refractivity contribution in [2.45, 2.75) is 11.4 Å². The van der Waals surface area contributed by atoms with Gasteiger partial charge in [-0.1, -0.05) is 11.6 Å². The fraction of sp³-hybridized carbons (Fsp3) is 0.0952. The maximum Gasteiger partial charge on any atom is 0.282 e. The van der Waals surface area contributed by atoms with E-state index < -0.39 is 27.1 Å². The van der Waals surface area contributed by atoms with Gasteiger partial charge >= 0.3 is 0 Å². The van der Waals surface area contributed by atoms with Gasteiger partial charge < -0.3 is 9.84 Å². The third kappa shape index (κ3) is 3.92. The zero-order valence-electron chi connectivity index (χ0n) is 17.0. The molecular weight excluding hydrogens is 474 g/mol. The first-order valence-electron chi connectivity index (χ1n) is 9.40. The van der Waals surface area contributed by atoms with Crippen LogP contribution >= 0.6 is 11.6 Å². The van der Waals surface area contributed by atoms with Gasteiger partial charge in [0.05, 0.1) is 34.4 Å². The van der Waals surface area contributed by atoms with E-state index in [1.165, 1.54) is 49.6 Å². The number of halogens is 1. The van der Waals surface area contributed by atoms with E-state index in [2.05, 4.69) is 0 Å². The normalized spacial score (nSPS) is 11.6. The summed E-state index contributed by atoms with van der Waals surface area (Å²) in [6.45, 7) is -0.448. The Morgan fingerprint density at radius 1 is 1.09 bits per heavy atom. The number of hydrogen-bond acceptors (Lipinski definition) is 7. The fourth-order valence-electron chi connectivity index (χ4n) is 3.41. The molecule has 0 spiro atoms. The second kappa shape index (κ2) is 8.26. The Morgan fingerprint density at radius 3 is 2.42 bits per heavy atom. The van der Waals surface area contributed by atoms with Crippen molar-refractivity contribution in [1.82, 2.24) is 8.77 Å². The van der Waals surface area contributed by atoms with E-state index in [1.807, 2.05) is 0 Å². The molecule has 0 radical (unpaired) electrons. The number of hydrogen-bond donors (Lipinski definition) is 1. The van der Waals surface area contributed by atoms with E-state index in [1.54, 1.807) is 0 Å². The van der Waals surface area contributed by atoms with E-state index in [-0.39, 0.29) is 32.8 Å². The molecule has 3 aromatic carbocycles. The van der Waals surface area contributed by atoms with Crippen molar-refractivity contribution in [1.29, 1.82) is 0 Å². The van der Waals surface area contributed by atoms with E-state index in [0.717, 1.165) is 27.0 Å². The minimum Gasteiger partial charge on any atom is -0.508 e. The summed E-state index contributed by atoms with van der Waals surface area (Å²) in [4.78, 5) is 23.6. The summed E-state index contributed by atoms with van der Waals surface area (Å²) in [6.07, 6.45) is 0. The molecule has 0 aliphatic carbocycles. The van der Waals surface area contributed by atoms with Crippen molar-refractivity contribution < 1.29 is 23.2 Å². The lowest BCUT2D eigenvalue weighted by Gasteiger charge is -2.14. The van der Waals surface area contributed by atoms with Crippen molar-refractivity contribution in [3.05, 3.63) is 91.7 Å². The van der Waals surface area contributed by atoms with Crippen molar-refractivity contribution in [2.24, 2.45) is 0 Å². The Bertz CT molecular complexity index is 1560. The van der Waals surface area contributed by atoms with Crippen LogP contribution in [0.3, 0.4) is 0 Å². The minimum absolute atomic E-state index is 0.00590. The number of non-ortho nitro benzene ring substituents is 1. The van der Waals surface area contributed by atoms with Crippen LogP contribution in [-0.4, -0.2) is 34.3 Å². The van der Waals surface area contributed by atoms with Gasteiger partial charge in [-0.25, -0.2) is 4.68 Å². The molecule has 1 heterocycles. The lowest BCUT2D eigenvalue weighted by atomic mass is 10.2. The summed E-state index contributed by atoms with van der Waals surface area (Å²) in [5.74, 6) is 0.0109. The number of nitro benzene ring substituents is 1. The Balaban J connectivity index is 2.01. The molecule has 0 atom stereocenters. The SMILES string of the molecule is COc1ccc2c(c1)c(=O)n(Cc1cc([N+](=O)[O-])ccc1O)n2S(=O)(=O)c1ccc(Cl)cc1. The van der Waals surface area contributed by atoms with Crippen LogP contribution in [0.5, 0.6) is 11.5 Å². The van der Waals surface area contributed by atoms with Crippen LogP contribution in [0.25, 0.3) is 10.9 Å². The van der Waals surface area contributed by atoms with Gasteiger partial charge in [-0.05, 0) is 48.5 Å². The van der Waals surface area contributed by atoms with Crippen LogP contribution in [0.2, 0.25) is 5.02 Å². The summed E-state index contributed by atoms with van der Waals surface area (Å²) in [5, 5.41) is 21.8. The highest BCUT2D eigenvalue weighted by Gasteiger charge is 2.26. The summed E-state index contributed by atoms with van der Waals surface area (Å²) in [5.41, 5.74) is -0.942. The predicted octanol–water partition coefficient (Wildman–Crippen LogP) is 3.36. The second-order valence-electron chi connectivity index (χ2n) is 7.02. The van der Waals surface area contributed by atoms with Crippen LogP contribution in [0, 0.1) is 10.1 Å². The van der Waals surface area contributed by atoms with Gasteiger partial charge in [-0.3, -0.25) is 14.9 Å². The topological polar surface area (TPSA) is 134 Å². The van der Waals surface area contributed by atoms with Gasteiger partial charge in [0.1, 0.15) is 11.5 Å². The number of phenolic OH excluding ortho intramolecular Hbond substituents is 1. The third-order valence-corrected chi connectivity index (χ3v) is 7.00.